The zero-order valence-electron chi connectivity index (χ0n) is 10.6. The Balaban J connectivity index is 1.99. The van der Waals surface area contributed by atoms with Gasteiger partial charge in [-0.25, -0.2) is 15.8 Å². The van der Waals surface area contributed by atoms with Crippen LogP contribution in [0.3, 0.4) is 0 Å². The van der Waals surface area contributed by atoms with Crippen molar-refractivity contribution in [3.63, 3.8) is 0 Å². The molecule has 0 radical (unpaired) electrons. The Morgan fingerprint density at radius 2 is 2.11 bits per heavy atom. The largest absolute Gasteiger partial charge is 0.369 e. The van der Waals surface area contributed by atoms with Crippen LogP contribution in [-0.2, 0) is 12.8 Å². The van der Waals surface area contributed by atoms with Crippen LogP contribution in [0.2, 0.25) is 0 Å². The summed E-state index contributed by atoms with van der Waals surface area (Å²) in [5.41, 5.74) is 3.61. The lowest BCUT2D eigenvalue weighted by molar-refractivity contribution is 0.981. The summed E-state index contributed by atoms with van der Waals surface area (Å²) in [6, 6.07) is 4.20. The lowest BCUT2D eigenvalue weighted by Gasteiger charge is -2.12. The van der Waals surface area contributed by atoms with E-state index in [0.717, 1.165) is 34.6 Å². The molecule has 5 nitrogen and oxygen atoms in total. The van der Waals surface area contributed by atoms with Gasteiger partial charge in [-0.3, -0.25) is 0 Å². The van der Waals surface area contributed by atoms with E-state index in [9.17, 15) is 0 Å². The van der Waals surface area contributed by atoms with Gasteiger partial charge in [0.2, 0.25) is 0 Å². The van der Waals surface area contributed by atoms with Gasteiger partial charge < -0.3 is 10.7 Å². The molecule has 0 saturated carbocycles. The molecule has 2 aromatic heterocycles. The van der Waals surface area contributed by atoms with E-state index in [0.29, 0.717) is 5.82 Å². The highest BCUT2D eigenvalue weighted by atomic mass is 79.9. The molecule has 19 heavy (non-hydrogen) atoms. The van der Waals surface area contributed by atoms with Gasteiger partial charge in [0.1, 0.15) is 18.0 Å². The van der Waals surface area contributed by atoms with Crippen molar-refractivity contribution in [1.82, 2.24) is 9.97 Å². The van der Waals surface area contributed by atoms with E-state index in [1.165, 1.54) is 11.2 Å². The third kappa shape index (κ3) is 3.65. The highest BCUT2D eigenvalue weighted by Crippen LogP contribution is 2.23. The molecule has 4 N–H and O–H groups in total. The fraction of sp³-hybridized carbons (Fsp3) is 0.333. The first-order valence-corrected chi connectivity index (χ1v) is 7.64. The average molecular weight is 342 g/mol. The standard InChI is InChI=1S/C12H16BrN5S/c1-2-9-11(16-7-17-12(9)18-14)15-6-5-8-3-4-10(13)19-8/h3-4,7H,2,5-6,14H2,1H3,(H2,15,16,17,18). The number of nitrogen functional groups attached to an aromatic ring is 1. The minimum atomic E-state index is 0.680. The Morgan fingerprint density at radius 1 is 1.32 bits per heavy atom. The lowest BCUT2D eigenvalue weighted by Crippen LogP contribution is -2.14. The van der Waals surface area contributed by atoms with Crippen LogP contribution in [0.25, 0.3) is 0 Å². The molecule has 0 aliphatic heterocycles. The number of anilines is 2. The maximum Gasteiger partial charge on any atom is 0.148 e. The molecule has 2 aromatic rings. The quantitative estimate of drug-likeness (QED) is 0.556. The van der Waals surface area contributed by atoms with Gasteiger partial charge >= 0.3 is 0 Å². The number of nitrogens with two attached hydrogens (primary N) is 1. The van der Waals surface area contributed by atoms with Gasteiger partial charge in [-0.1, -0.05) is 6.92 Å². The van der Waals surface area contributed by atoms with Gasteiger partial charge in [0.15, 0.2) is 0 Å². The molecule has 2 heterocycles. The molecule has 0 saturated heterocycles. The molecular weight excluding hydrogens is 326 g/mol. The minimum absolute atomic E-state index is 0.680. The van der Waals surface area contributed by atoms with E-state index in [1.807, 2.05) is 0 Å². The van der Waals surface area contributed by atoms with Gasteiger partial charge in [0, 0.05) is 17.0 Å². The van der Waals surface area contributed by atoms with Crippen LogP contribution in [0.5, 0.6) is 0 Å². The predicted octanol–water partition coefficient (Wildman–Crippen LogP) is 2.80. The van der Waals surface area contributed by atoms with E-state index in [-0.39, 0.29) is 0 Å². The summed E-state index contributed by atoms with van der Waals surface area (Å²) in [6.07, 6.45) is 3.31. The Hall–Kier alpha value is -1.18. The molecule has 0 unspecified atom stereocenters. The summed E-state index contributed by atoms with van der Waals surface area (Å²) in [4.78, 5) is 9.71. The van der Waals surface area contributed by atoms with E-state index in [2.05, 4.69) is 55.7 Å². The number of hydrogen-bond donors (Lipinski definition) is 3. The van der Waals surface area contributed by atoms with Crippen molar-refractivity contribution in [2.24, 2.45) is 5.84 Å². The summed E-state index contributed by atoms with van der Waals surface area (Å²) in [5.74, 6) is 6.97. The molecule has 7 heteroatoms. The van der Waals surface area contributed by atoms with Gasteiger partial charge in [-0.15, -0.1) is 11.3 Å². The van der Waals surface area contributed by atoms with E-state index in [4.69, 9.17) is 5.84 Å². The van der Waals surface area contributed by atoms with Crippen LogP contribution in [0, 0.1) is 0 Å². The Morgan fingerprint density at radius 3 is 2.74 bits per heavy atom. The van der Waals surface area contributed by atoms with Gasteiger partial charge in [0.05, 0.1) is 3.79 Å². The second-order valence-corrected chi connectivity index (χ2v) is 6.48. The molecule has 0 atom stereocenters. The first-order valence-electron chi connectivity index (χ1n) is 6.03. The fourth-order valence-corrected chi connectivity index (χ4v) is 3.30. The highest BCUT2D eigenvalue weighted by Gasteiger charge is 2.08. The van der Waals surface area contributed by atoms with E-state index >= 15 is 0 Å². The van der Waals surface area contributed by atoms with Crippen LogP contribution in [0.1, 0.15) is 17.4 Å². The number of hydrazine groups is 1. The van der Waals surface area contributed by atoms with Crippen molar-refractivity contribution in [3.05, 3.63) is 32.7 Å². The third-order valence-corrected chi connectivity index (χ3v) is 4.41. The fourth-order valence-electron chi connectivity index (χ4n) is 1.81. The molecule has 0 aromatic carbocycles. The van der Waals surface area contributed by atoms with Crippen molar-refractivity contribution in [2.45, 2.75) is 19.8 Å². The maximum absolute atomic E-state index is 5.45. The molecule has 0 aliphatic rings. The number of thiophene rings is 1. The van der Waals surface area contributed by atoms with Crippen molar-refractivity contribution >= 4 is 38.9 Å². The van der Waals surface area contributed by atoms with Crippen LogP contribution in [-0.4, -0.2) is 16.5 Å². The Bertz CT molecular complexity index is 543. The first kappa shape index (κ1) is 14.2. The number of nitrogens with zero attached hydrogens (tertiary/aromatic N) is 2. The molecule has 0 fully saturated rings. The molecule has 0 spiro atoms. The molecule has 2 rings (SSSR count). The van der Waals surface area contributed by atoms with Crippen molar-refractivity contribution in [3.8, 4) is 0 Å². The van der Waals surface area contributed by atoms with Crippen molar-refractivity contribution < 1.29 is 0 Å². The average Bonchev–Trinajstić information content (AvgIpc) is 2.84. The summed E-state index contributed by atoms with van der Waals surface area (Å²) >= 11 is 5.22. The van der Waals surface area contributed by atoms with Crippen LogP contribution in [0.4, 0.5) is 11.6 Å². The normalized spacial score (nSPS) is 10.5. The predicted molar refractivity (Wildman–Crippen MR) is 83.4 cm³/mol. The summed E-state index contributed by atoms with van der Waals surface area (Å²) in [6.45, 7) is 2.89. The molecule has 0 amide bonds. The van der Waals surface area contributed by atoms with Crippen molar-refractivity contribution in [2.75, 3.05) is 17.3 Å². The SMILES string of the molecule is CCc1c(NN)ncnc1NCCc1ccc(Br)s1. The minimum Gasteiger partial charge on any atom is -0.369 e. The molecule has 0 bridgehead atoms. The van der Waals surface area contributed by atoms with E-state index < -0.39 is 0 Å². The number of aromatic nitrogens is 2. The summed E-state index contributed by atoms with van der Waals surface area (Å²) in [5, 5.41) is 3.34. The van der Waals surface area contributed by atoms with Crippen LogP contribution < -0.4 is 16.6 Å². The maximum atomic E-state index is 5.45. The highest BCUT2D eigenvalue weighted by molar-refractivity contribution is 9.11. The lowest BCUT2D eigenvalue weighted by atomic mass is 10.2. The smallest absolute Gasteiger partial charge is 0.148 e. The Labute approximate surface area is 124 Å². The second-order valence-electron chi connectivity index (χ2n) is 3.93. The zero-order valence-corrected chi connectivity index (χ0v) is 13.0. The monoisotopic (exact) mass is 341 g/mol. The number of rotatable bonds is 6. The topological polar surface area (TPSA) is 75.9 Å². The summed E-state index contributed by atoms with van der Waals surface area (Å²) < 4.78 is 1.16. The van der Waals surface area contributed by atoms with Crippen LogP contribution >= 0.6 is 27.3 Å². The van der Waals surface area contributed by atoms with Gasteiger partial charge in [0.25, 0.3) is 0 Å². The number of nitrogens with one attached hydrogen (secondary N) is 2. The summed E-state index contributed by atoms with van der Waals surface area (Å²) in [7, 11) is 0. The molecule has 0 aliphatic carbocycles. The Kier molecular flexibility index (Phi) is 5.12. The number of halogens is 1. The van der Waals surface area contributed by atoms with Crippen molar-refractivity contribution in [1.29, 1.82) is 0 Å². The first-order chi connectivity index (χ1) is 9.24. The molecular formula is C12H16BrN5S. The van der Waals surface area contributed by atoms with E-state index in [1.54, 1.807) is 11.3 Å². The number of hydrogen-bond acceptors (Lipinski definition) is 6. The third-order valence-electron chi connectivity index (χ3n) is 2.73. The van der Waals surface area contributed by atoms with Gasteiger partial charge in [-0.2, -0.15) is 0 Å². The molecule has 102 valence electrons. The second kappa shape index (κ2) is 6.83. The zero-order chi connectivity index (χ0) is 13.7. The van der Waals surface area contributed by atoms with Gasteiger partial charge in [-0.05, 0) is 40.9 Å². The van der Waals surface area contributed by atoms with Crippen LogP contribution in [0.15, 0.2) is 22.2 Å².